The molecule has 5 nitrogen and oxygen atoms in total. The van der Waals surface area contributed by atoms with Crippen molar-refractivity contribution in [2.75, 3.05) is 19.8 Å². The fraction of sp³-hybridized carbons (Fsp3) is 0.769. The van der Waals surface area contributed by atoms with E-state index in [9.17, 15) is 0 Å². The molecule has 0 aliphatic carbocycles. The highest BCUT2D eigenvalue weighted by Crippen LogP contribution is 2.15. The molecule has 5 heteroatoms. The molecule has 2 atom stereocenters. The summed E-state index contributed by atoms with van der Waals surface area (Å²) < 4.78 is 7.51. The molecule has 0 amide bonds. The van der Waals surface area contributed by atoms with Crippen LogP contribution in [0.5, 0.6) is 0 Å². The minimum Gasteiger partial charge on any atom is -0.394 e. The number of morpholine rings is 1. The van der Waals surface area contributed by atoms with E-state index in [1.807, 2.05) is 10.9 Å². The second kappa shape index (κ2) is 5.82. The summed E-state index contributed by atoms with van der Waals surface area (Å²) in [6.07, 6.45) is 1.96. The highest BCUT2D eigenvalue weighted by molar-refractivity contribution is 5.00. The van der Waals surface area contributed by atoms with Gasteiger partial charge in [-0.1, -0.05) is 0 Å². The van der Waals surface area contributed by atoms with Crippen LogP contribution in [0.4, 0.5) is 0 Å². The monoisotopic (exact) mass is 253 g/mol. The van der Waals surface area contributed by atoms with Crippen LogP contribution in [-0.2, 0) is 11.3 Å². The molecule has 2 unspecified atom stereocenters. The molecule has 1 aromatic heterocycles. The van der Waals surface area contributed by atoms with Gasteiger partial charge in [-0.3, -0.25) is 9.58 Å². The zero-order valence-electron chi connectivity index (χ0n) is 11.4. The summed E-state index contributed by atoms with van der Waals surface area (Å²) in [5, 5.41) is 13.7. The van der Waals surface area contributed by atoms with Crippen molar-refractivity contribution in [1.82, 2.24) is 14.7 Å². The lowest BCUT2D eigenvalue weighted by molar-refractivity contribution is -0.0809. The van der Waals surface area contributed by atoms with Gasteiger partial charge in [0.2, 0.25) is 0 Å². The molecule has 1 saturated heterocycles. The van der Waals surface area contributed by atoms with Crippen LogP contribution in [0, 0.1) is 0 Å². The summed E-state index contributed by atoms with van der Waals surface area (Å²) in [6, 6.07) is 2.83. The smallest absolute Gasteiger partial charge is 0.0933 e. The normalized spacial score (nSPS) is 25.8. The quantitative estimate of drug-likeness (QED) is 0.871. The van der Waals surface area contributed by atoms with Gasteiger partial charge < -0.3 is 9.84 Å². The lowest BCUT2D eigenvalue weighted by atomic mass is 10.2. The fourth-order valence-electron chi connectivity index (χ4n) is 2.16. The van der Waals surface area contributed by atoms with E-state index < -0.39 is 0 Å². The van der Waals surface area contributed by atoms with Crippen molar-refractivity contribution in [2.24, 2.45) is 0 Å². The standard InChI is InChI=1S/C13H23N3O2/c1-10(2)16-5-4-12(14-16)6-15-7-13(8-17)18-9-11(15)3/h4-5,10-11,13,17H,6-9H2,1-3H3. The minimum atomic E-state index is -0.0617. The van der Waals surface area contributed by atoms with Gasteiger partial charge in [0, 0.05) is 31.4 Å². The Hall–Kier alpha value is -0.910. The first kappa shape index (κ1) is 13.5. The molecular formula is C13H23N3O2. The van der Waals surface area contributed by atoms with Gasteiger partial charge in [0.15, 0.2) is 0 Å². The number of rotatable bonds is 4. The van der Waals surface area contributed by atoms with Crippen LogP contribution in [0.1, 0.15) is 32.5 Å². The maximum atomic E-state index is 9.17. The van der Waals surface area contributed by atoms with Crippen molar-refractivity contribution >= 4 is 0 Å². The van der Waals surface area contributed by atoms with Gasteiger partial charge in [-0.2, -0.15) is 5.10 Å². The Bertz CT molecular complexity index is 378. The topological polar surface area (TPSA) is 50.5 Å². The number of aromatic nitrogens is 2. The Morgan fingerprint density at radius 3 is 2.94 bits per heavy atom. The summed E-state index contributed by atoms with van der Waals surface area (Å²) in [5.74, 6) is 0. The first-order chi connectivity index (χ1) is 8.60. The van der Waals surface area contributed by atoms with Gasteiger partial charge in [0.05, 0.1) is 25.0 Å². The van der Waals surface area contributed by atoms with Gasteiger partial charge in [-0.05, 0) is 26.8 Å². The van der Waals surface area contributed by atoms with Gasteiger partial charge in [-0.25, -0.2) is 0 Å². The summed E-state index contributed by atoms with van der Waals surface area (Å²) >= 11 is 0. The van der Waals surface area contributed by atoms with Gasteiger partial charge in [0.1, 0.15) is 0 Å². The average Bonchev–Trinajstić information content (AvgIpc) is 2.81. The molecule has 1 N–H and O–H groups in total. The summed E-state index contributed by atoms with van der Waals surface area (Å²) in [7, 11) is 0. The lowest BCUT2D eigenvalue weighted by Crippen LogP contribution is -2.48. The number of hydrogen-bond donors (Lipinski definition) is 1. The predicted octanol–water partition coefficient (Wildman–Crippen LogP) is 1.05. The zero-order chi connectivity index (χ0) is 13.1. The van der Waals surface area contributed by atoms with Crippen molar-refractivity contribution < 1.29 is 9.84 Å². The third-order valence-corrected chi connectivity index (χ3v) is 3.40. The largest absolute Gasteiger partial charge is 0.394 e. The molecule has 0 radical (unpaired) electrons. The molecular weight excluding hydrogens is 230 g/mol. The van der Waals surface area contributed by atoms with E-state index in [0.29, 0.717) is 18.7 Å². The van der Waals surface area contributed by atoms with Crippen molar-refractivity contribution in [2.45, 2.75) is 45.5 Å². The van der Waals surface area contributed by atoms with E-state index in [2.05, 4.69) is 36.8 Å². The van der Waals surface area contributed by atoms with Crippen molar-refractivity contribution in [3.05, 3.63) is 18.0 Å². The average molecular weight is 253 g/mol. The van der Waals surface area contributed by atoms with E-state index >= 15 is 0 Å². The summed E-state index contributed by atoms with van der Waals surface area (Å²) in [5.41, 5.74) is 1.08. The Kier molecular flexibility index (Phi) is 4.37. The summed E-state index contributed by atoms with van der Waals surface area (Å²) in [6.45, 7) is 8.74. The maximum absolute atomic E-state index is 9.17. The summed E-state index contributed by atoms with van der Waals surface area (Å²) in [4.78, 5) is 2.32. The lowest BCUT2D eigenvalue weighted by Gasteiger charge is -2.36. The molecule has 2 heterocycles. The zero-order valence-corrected chi connectivity index (χ0v) is 11.4. The predicted molar refractivity (Wildman–Crippen MR) is 69.3 cm³/mol. The Morgan fingerprint density at radius 2 is 2.33 bits per heavy atom. The van der Waals surface area contributed by atoms with E-state index in [4.69, 9.17) is 9.84 Å². The van der Waals surface area contributed by atoms with Crippen LogP contribution in [0.25, 0.3) is 0 Å². The van der Waals surface area contributed by atoms with Crippen molar-refractivity contribution in [3.63, 3.8) is 0 Å². The van der Waals surface area contributed by atoms with Gasteiger partial charge in [-0.15, -0.1) is 0 Å². The fourth-order valence-corrected chi connectivity index (χ4v) is 2.16. The van der Waals surface area contributed by atoms with Crippen molar-refractivity contribution in [3.8, 4) is 0 Å². The number of aliphatic hydroxyl groups is 1. The minimum absolute atomic E-state index is 0.0617. The Morgan fingerprint density at radius 1 is 1.56 bits per heavy atom. The van der Waals surface area contributed by atoms with Gasteiger partial charge in [0.25, 0.3) is 0 Å². The maximum Gasteiger partial charge on any atom is 0.0933 e. The molecule has 1 aliphatic heterocycles. The molecule has 0 bridgehead atoms. The van der Waals surface area contributed by atoms with Crippen molar-refractivity contribution in [1.29, 1.82) is 0 Å². The van der Waals surface area contributed by atoms with Crippen LogP contribution < -0.4 is 0 Å². The third-order valence-electron chi connectivity index (χ3n) is 3.40. The Labute approximate surface area is 108 Å². The van der Waals surface area contributed by atoms with E-state index in [-0.39, 0.29) is 12.7 Å². The Balaban J connectivity index is 1.98. The molecule has 1 fully saturated rings. The first-order valence-electron chi connectivity index (χ1n) is 6.60. The van der Waals surface area contributed by atoms with E-state index in [1.165, 1.54) is 0 Å². The van der Waals surface area contributed by atoms with Crippen LogP contribution in [0.2, 0.25) is 0 Å². The molecule has 0 spiro atoms. The number of ether oxygens (including phenoxy) is 1. The molecule has 102 valence electrons. The number of nitrogens with zero attached hydrogens (tertiary/aromatic N) is 3. The highest BCUT2D eigenvalue weighted by atomic mass is 16.5. The van der Waals surface area contributed by atoms with Crippen LogP contribution in [0.3, 0.4) is 0 Å². The highest BCUT2D eigenvalue weighted by Gasteiger charge is 2.26. The van der Waals surface area contributed by atoms with Crippen LogP contribution in [0.15, 0.2) is 12.3 Å². The third kappa shape index (κ3) is 3.10. The number of aliphatic hydroxyl groups excluding tert-OH is 1. The van der Waals surface area contributed by atoms with E-state index in [0.717, 1.165) is 18.8 Å². The van der Waals surface area contributed by atoms with Gasteiger partial charge >= 0.3 is 0 Å². The van der Waals surface area contributed by atoms with E-state index in [1.54, 1.807) is 0 Å². The van der Waals surface area contributed by atoms with Crippen LogP contribution in [-0.4, -0.2) is 51.7 Å². The molecule has 2 rings (SSSR count). The molecule has 18 heavy (non-hydrogen) atoms. The first-order valence-corrected chi connectivity index (χ1v) is 6.60. The molecule has 1 aromatic rings. The molecule has 0 aromatic carbocycles. The van der Waals surface area contributed by atoms with Crippen LogP contribution >= 0.6 is 0 Å². The molecule has 0 saturated carbocycles. The SMILES string of the molecule is CC1COC(CO)CN1Cc1ccn(C(C)C)n1. The number of hydrogen-bond acceptors (Lipinski definition) is 4. The second-order valence-electron chi connectivity index (χ2n) is 5.30. The molecule has 1 aliphatic rings. The second-order valence-corrected chi connectivity index (χ2v) is 5.30.